The molecule has 0 aromatic heterocycles. The van der Waals surface area contributed by atoms with Gasteiger partial charge < -0.3 is 0 Å². The van der Waals surface area contributed by atoms with Crippen LogP contribution in [0.3, 0.4) is 0 Å². The van der Waals surface area contributed by atoms with E-state index in [0.29, 0.717) is 10.8 Å². The van der Waals surface area contributed by atoms with E-state index in [1.54, 1.807) is 5.57 Å². The Morgan fingerprint density at radius 2 is 1.83 bits per heavy atom. The van der Waals surface area contributed by atoms with Crippen LogP contribution in [0.5, 0.6) is 0 Å². The van der Waals surface area contributed by atoms with E-state index in [2.05, 4.69) is 71.9 Å². The number of hydrogen-bond donors (Lipinski definition) is 0. The van der Waals surface area contributed by atoms with Crippen LogP contribution in [-0.4, -0.2) is 0 Å². The van der Waals surface area contributed by atoms with E-state index in [9.17, 15) is 0 Å². The highest BCUT2D eigenvalue weighted by atomic mass is 14.6. The molecule has 2 fully saturated rings. The summed E-state index contributed by atoms with van der Waals surface area (Å²) in [4.78, 5) is 0. The topological polar surface area (TPSA) is 0 Å². The molecule has 0 aromatic carbocycles. The van der Waals surface area contributed by atoms with Crippen LogP contribution in [0.25, 0.3) is 0 Å². The zero-order valence-electron chi connectivity index (χ0n) is 20.1. The van der Waals surface area contributed by atoms with E-state index >= 15 is 0 Å². The summed E-state index contributed by atoms with van der Waals surface area (Å²) in [5, 5.41) is 0. The van der Waals surface area contributed by atoms with Crippen LogP contribution in [0, 0.1) is 52.3 Å². The van der Waals surface area contributed by atoms with Crippen LogP contribution >= 0.6 is 0 Å². The zero-order chi connectivity index (χ0) is 20.8. The van der Waals surface area contributed by atoms with Crippen LogP contribution in [-0.2, 0) is 0 Å². The van der Waals surface area contributed by atoms with Gasteiger partial charge in [0.25, 0.3) is 0 Å². The van der Waals surface area contributed by atoms with Gasteiger partial charge in [0.15, 0.2) is 0 Å². The molecular formula is C29H46. The van der Waals surface area contributed by atoms with Crippen molar-refractivity contribution < 1.29 is 0 Å². The molecule has 0 nitrogen and oxygen atoms in total. The van der Waals surface area contributed by atoms with E-state index in [4.69, 9.17) is 0 Å². The number of allylic oxidation sites excluding steroid dienone is 6. The molecule has 0 radical (unpaired) electrons. The van der Waals surface area contributed by atoms with E-state index in [0.717, 1.165) is 41.4 Å². The van der Waals surface area contributed by atoms with Gasteiger partial charge in [-0.3, -0.25) is 0 Å². The Hall–Kier alpha value is -0.780. The van der Waals surface area contributed by atoms with Gasteiger partial charge in [-0.1, -0.05) is 71.9 Å². The summed E-state index contributed by atoms with van der Waals surface area (Å²) in [5.41, 5.74) is 2.71. The molecule has 0 bridgehead atoms. The molecule has 2 saturated carbocycles. The molecule has 29 heavy (non-hydrogen) atoms. The Morgan fingerprint density at radius 1 is 1.03 bits per heavy atom. The summed E-state index contributed by atoms with van der Waals surface area (Å²) in [6, 6.07) is 0. The average Bonchev–Trinajstić information content (AvgIpc) is 3.05. The predicted molar refractivity (Wildman–Crippen MR) is 127 cm³/mol. The van der Waals surface area contributed by atoms with Crippen molar-refractivity contribution in [2.75, 3.05) is 0 Å². The quantitative estimate of drug-likeness (QED) is 0.409. The lowest BCUT2D eigenvalue weighted by Gasteiger charge is -2.57. The molecule has 0 aliphatic heterocycles. The lowest BCUT2D eigenvalue weighted by molar-refractivity contribution is -0.0410. The van der Waals surface area contributed by atoms with Crippen molar-refractivity contribution in [2.24, 2.45) is 52.3 Å². The van der Waals surface area contributed by atoms with Crippen molar-refractivity contribution in [3.05, 3.63) is 36.0 Å². The van der Waals surface area contributed by atoms with Crippen molar-refractivity contribution in [2.45, 2.75) is 92.9 Å². The second kappa shape index (κ2) is 8.05. The SMILES string of the molecule is CCC(C=C[C@@H](C)[C@H]1CCC2C3CC=C4C=CCC[C@]4(C)C3CC[C@@]21C)C(C)C. The monoisotopic (exact) mass is 394 g/mol. The maximum absolute atomic E-state index is 2.69. The van der Waals surface area contributed by atoms with Gasteiger partial charge in [0.1, 0.15) is 0 Å². The molecule has 0 heteroatoms. The Morgan fingerprint density at radius 3 is 2.55 bits per heavy atom. The largest absolute Gasteiger partial charge is 0.0851 e. The fourth-order valence-corrected chi connectivity index (χ4v) is 8.49. The standard InChI is InChI=1S/C29H46/c1-7-22(20(2)3)12-11-21(4)25-15-16-26-24-14-13-23-10-8-9-18-28(23,5)27(24)17-19-29(25,26)6/h8,10-13,20-22,24-27H,7,9,14-19H2,1-6H3/t21-,22?,24?,25-,26?,27?,28+,29-/m1/s1. The molecule has 8 atom stereocenters. The molecule has 162 valence electrons. The Bertz CT molecular complexity index is 678. The van der Waals surface area contributed by atoms with Gasteiger partial charge in [-0.2, -0.15) is 0 Å². The summed E-state index contributed by atoms with van der Waals surface area (Å²) in [6.07, 6.45) is 23.9. The van der Waals surface area contributed by atoms with E-state index in [-0.39, 0.29) is 0 Å². The van der Waals surface area contributed by atoms with E-state index in [1.807, 2.05) is 0 Å². The van der Waals surface area contributed by atoms with Crippen LogP contribution in [0.2, 0.25) is 0 Å². The highest BCUT2D eigenvalue weighted by molar-refractivity contribution is 5.34. The summed E-state index contributed by atoms with van der Waals surface area (Å²) < 4.78 is 0. The summed E-state index contributed by atoms with van der Waals surface area (Å²) in [5.74, 6) is 5.96. The molecule has 0 N–H and O–H groups in total. The van der Waals surface area contributed by atoms with Crippen molar-refractivity contribution in [1.82, 2.24) is 0 Å². The highest BCUT2D eigenvalue weighted by Crippen LogP contribution is 2.66. The molecule has 0 heterocycles. The van der Waals surface area contributed by atoms with Gasteiger partial charge in [0.2, 0.25) is 0 Å². The second-order valence-electron chi connectivity index (χ2n) is 11.9. The molecule has 0 saturated heterocycles. The third-order valence-electron chi connectivity index (χ3n) is 10.4. The first-order chi connectivity index (χ1) is 13.8. The van der Waals surface area contributed by atoms with Crippen molar-refractivity contribution in [3.8, 4) is 0 Å². The smallest absolute Gasteiger partial charge is 0.00445 e. The first-order valence-electron chi connectivity index (χ1n) is 12.9. The minimum Gasteiger partial charge on any atom is -0.0851 e. The normalized spacial score (nSPS) is 43.6. The van der Waals surface area contributed by atoms with Crippen LogP contribution < -0.4 is 0 Å². The molecule has 4 aliphatic carbocycles. The minimum atomic E-state index is 0.466. The molecule has 4 aliphatic rings. The second-order valence-corrected chi connectivity index (χ2v) is 11.9. The predicted octanol–water partition coefficient (Wildman–Crippen LogP) is 8.61. The van der Waals surface area contributed by atoms with Crippen molar-refractivity contribution >= 4 is 0 Å². The van der Waals surface area contributed by atoms with E-state index < -0.39 is 0 Å². The zero-order valence-corrected chi connectivity index (χ0v) is 20.1. The molecule has 4 unspecified atom stereocenters. The van der Waals surface area contributed by atoms with Crippen molar-refractivity contribution in [3.63, 3.8) is 0 Å². The summed E-state index contributed by atoms with van der Waals surface area (Å²) in [7, 11) is 0. The fraction of sp³-hybridized carbons (Fsp3) is 0.793. The van der Waals surface area contributed by atoms with Gasteiger partial charge in [0.05, 0.1) is 0 Å². The number of rotatable bonds is 5. The summed E-state index contributed by atoms with van der Waals surface area (Å²) >= 11 is 0. The van der Waals surface area contributed by atoms with Crippen molar-refractivity contribution in [1.29, 1.82) is 0 Å². The lowest BCUT2D eigenvalue weighted by Crippen LogP contribution is -2.49. The Balaban J connectivity index is 1.53. The molecular weight excluding hydrogens is 348 g/mol. The Labute approximate surface area is 181 Å². The van der Waals surface area contributed by atoms with Gasteiger partial charge in [-0.25, -0.2) is 0 Å². The highest BCUT2D eigenvalue weighted by Gasteiger charge is 2.58. The third-order valence-corrected chi connectivity index (χ3v) is 10.4. The average molecular weight is 395 g/mol. The molecule has 0 aromatic rings. The first-order valence-corrected chi connectivity index (χ1v) is 12.9. The third kappa shape index (κ3) is 3.51. The number of fused-ring (bicyclic) bond motifs is 5. The summed E-state index contributed by atoms with van der Waals surface area (Å²) in [6.45, 7) is 14.9. The maximum atomic E-state index is 2.69. The fourth-order valence-electron chi connectivity index (χ4n) is 8.49. The molecule has 0 spiro atoms. The lowest BCUT2D eigenvalue weighted by atomic mass is 9.47. The van der Waals surface area contributed by atoms with Crippen LogP contribution in [0.4, 0.5) is 0 Å². The van der Waals surface area contributed by atoms with Gasteiger partial charge >= 0.3 is 0 Å². The van der Waals surface area contributed by atoms with Gasteiger partial charge in [-0.05, 0) is 109 Å². The minimum absolute atomic E-state index is 0.466. The Kier molecular flexibility index (Phi) is 5.95. The first kappa shape index (κ1) is 21.5. The van der Waals surface area contributed by atoms with E-state index in [1.165, 1.54) is 51.4 Å². The maximum Gasteiger partial charge on any atom is -0.00445 e. The van der Waals surface area contributed by atoms with Gasteiger partial charge in [-0.15, -0.1) is 0 Å². The van der Waals surface area contributed by atoms with Crippen LogP contribution in [0.1, 0.15) is 92.9 Å². The van der Waals surface area contributed by atoms with Crippen LogP contribution in [0.15, 0.2) is 36.0 Å². The molecule has 4 rings (SSSR count). The molecule has 0 amide bonds. The number of hydrogen-bond acceptors (Lipinski definition) is 0. The van der Waals surface area contributed by atoms with Gasteiger partial charge in [0, 0.05) is 0 Å².